The smallest absolute Gasteiger partial charge is 0.222 e. The monoisotopic (exact) mass is 458 g/mol. The number of carbonyl (C=O) groups excluding carboxylic acids is 1. The van der Waals surface area contributed by atoms with Crippen LogP contribution in [-0.4, -0.2) is 57.0 Å². The van der Waals surface area contributed by atoms with Crippen molar-refractivity contribution in [3.63, 3.8) is 0 Å². The maximum atomic E-state index is 11.8. The largest absolute Gasteiger partial charge is 0.357 e. The molecule has 9 heteroatoms. The number of sulfone groups is 1. The second-order valence-electron chi connectivity index (χ2n) is 6.14. The number of halogens is 1. The summed E-state index contributed by atoms with van der Waals surface area (Å²) in [6.45, 7) is 5.35. The van der Waals surface area contributed by atoms with Crippen molar-refractivity contribution in [2.75, 3.05) is 24.6 Å². The first kappa shape index (κ1) is 20.5. The molecule has 0 radical (unpaired) electrons. The minimum atomic E-state index is -2.96. The molecule has 134 valence electrons. The summed E-state index contributed by atoms with van der Waals surface area (Å²) >= 11 is 0. The molecule has 0 aromatic carbocycles. The zero-order valence-electron chi connectivity index (χ0n) is 13.7. The first-order chi connectivity index (χ1) is 10.4. The van der Waals surface area contributed by atoms with Crippen LogP contribution >= 0.6 is 24.0 Å². The number of carbonyl (C=O) groups is 1. The van der Waals surface area contributed by atoms with Gasteiger partial charge in [-0.15, -0.1) is 24.0 Å². The van der Waals surface area contributed by atoms with E-state index >= 15 is 0 Å². The van der Waals surface area contributed by atoms with E-state index in [0.29, 0.717) is 24.9 Å². The number of guanidine groups is 1. The molecule has 3 N–H and O–H groups in total. The number of nitrogens with one attached hydrogen (secondary N) is 3. The average Bonchev–Trinajstić information content (AvgIpc) is 3.00. The van der Waals surface area contributed by atoms with Crippen molar-refractivity contribution in [3.8, 4) is 0 Å². The van der Waals surface area contributed by atoms with Crippen molar-refractivity contribution in [1.29, 1.82) is 0 Å². The molecule has 1 aliphatic heterocycles. The third kappa shape index (κ3) is 7.23. The lowest BCUT2D eigenvalue weighted by Gasteiger charge is -2.12. The van der Waals surface area contributed by atoms with E-state index in [4.69, 9.17) is 0 Å². The van der Waals surface area contributed by atoms with Crippen LogP contribution in [0.25, 0.3) is 0 Å². The SMILES string of the molecule is CCNC(=NCCC(=O)NC1CCS(=O)(=O)C1)NC1CC1C.I. The molecule has 0 aromatic rings. The average molecular weight is 458 g/mol. The van der Waals surface area contributed by atoms with Crippen molar-refractivity contribution in [1.82, 2.24) is 16.0 Å². The number of aliphatic imine (C=N–C) groups is 1. The van der Waals surface area contributed by atoms with Gasteiger partial charge in [0.2, 0.25) is 5.91 Å². The predicted octanol–water partition coefficient (Wildman–Crippen LogP) is 0.261. The van der Waals surface area contributed by atoms with E-state index in [1.165, 1.54) is 0 Å². The van der Waals surface area contributed by atoms with Crippen LogP contribution in [0, 0.1) is 5.92 Å². The van der Waals surface area contributed by atoms with Crippen molar-refractivity contribution in [3.05, 3.63) is 0 Å². The molecule has 3 unspecified atom stereocenters. The van der Waals surface area contributed by atoms with E-state index in [-0.39, 0.29) is 53.9 Å². The highest BCUT2D eigenvalue weighted by Gasteiger charge is 2.33. The number of hydrogen-bond acceptors (Lipinski definition) is 4. The van der Waals surface area contributed by atoms with Crippen LogP contribution in [0.3, 0.4) is 0 Å². The zero-order valence-corrected chi connectivity index (χ0v) is 16.8. The Labute approximate surface area is 155 Å². The minimum Gasteiger partial charge on any atom is -0.357 e. The molecule has 7 nitrogen and oxygen atoms in total. The van der Waals surface area contributed by atoms with Crippen LogP contribution in [0.1, 0.15) is 33.1 Å². The predicted molar refractivity (Wildman–Crippen MR) is 102 cm³/mol. The van der Waals surface area contributed by atoms with Crippen LogP contribution in [0.2, 0.25) is 0 Å². The summed E-state index contributed by atoms with van der Waals surface area (Å²) in [7, 11) is -2.96. The standard InChI is InChI=1S/C14H26N4O3S.HI/c1-3-15-14(18-12-8-10(12)2)16-6-4-13(19)17-11-5-7-22(20,21)9-11;/h10-12H,3-9H2,1-2H3,(H,17,19)(H2,15,16,18);1H. The van der Waals surface area contributed by atoms with Gasteiger partial charge in [0.05, 0.1) is 18.1 Å². The molecule has 1 saturated heterocycles. The Bertz CT molecular complexity index is 538. The van der Waals surface area contributed by atoms with Gasteiger partial charge in [-0.25, -0.2) is 8.42 Å². The van der Waals surface area contributed by atoms with Crippen LogP contribution in [0.5, 0.6) is 0 Å². The molecule has 1 amide bonds. The summed E-state index contributed by atoms with van der Waals surface area (Å²) in [5.41, 5.74) is 0. The van der Waals surface area contributed by atoms with Gasteiger partial charge in [0.1, 0.15) is 0 Å². The van der Waals surface area contributed by atoms with Gasteiger partial charge in [-0.1, -0.05) is 6.92 Å². The van der Waals surface area contributed by atoms with Gasteiger partial charge >= 0.3 is 0 Å². The lowest BCUT2D eigenvalue weighted by Crippen LogP contribution is -2.39. The highest BCUT2D eigenvalue weighted by Crippen LogP contribution is 2.28. The molecule has 0 aromatic heterocycles. The van der Waals surface area contributed by atoms with Crippen LogP contribution in [0.15, 0.2) is 4.99 Å². The quantitative estimate of drug-likeness (QED) is 0.301. The Kier molecular flexibility index (Phi) is 8.05. The van der Waals surface area contributed by atoms with Crippen LogP contribution < -0.4 is 16.0 Å². The Balaban J connectivity index is 0.00000264. The number of nitrogens with zero attached hydrogens (tertiary/aromatic N) is 1. The van der Waals surface area contributed by atoms with Gasteiger partial charge in [0, 0.05) is 25.0 Å². The van der Waals surface area contributed by atoms with Gasteiger partial charge < -0.3 is 16.0 Å². The second-order valence-corrected chi connectivity index (χ2v) is 8.37. The molecule has 0 spiro atoms. The minimum absolute atomic E-state index is 0. The molecule has 1 saturated carbocycles. The number of amides is 1. The van der Waals surface area contributed by atoms with E-state index in [1.807, 2.05) is 6.92 Å². The van der Waals surface area contributed by atoms with Crippen molar-refractivity contribution < 1.29 is 13.2 Å². The highest BCUT2D eigenvalue weighted by molar-refractivity contribution is 14.0. The third-order valence-electron chi connectivity index (χ3n) is 3.98. The molecule has 2 rings (SSSR count). The van der Waals surface area contributed by atoms with E-state index in [2.05, 4.69) is 27.9 Å². The molecule has 2 aliphatic rings. The molecule has 3 atom stereocenters. The Morgan fingerprint density at radius 2 is 2.00 bits per heavy atom. The Hall–Kier alpha value is -0.580. The normalized spacial score (nSPS) is 28.6. The van der Waals surface area contributed by atoms with Crippen LogP contribution in [-0.2, 0) is 14.6 Å². The summed E-state index contributed by atoms with van der Waals surface area (Å²) in [6, 6.07) is 0.246. The number of hydrogen-bond donors (Lipinski definition) is 3. The van der Waals surface area contributed by atoms with Crippen molar-refractivity contribution in [2.45, 2.75) is 45.2 Å². The van der Waals surface area contributed by atoms with Crippen molar-refractivity contribution in [2.24, 2.45) is 10.9 Å². The van der Waals surface area contributed by atoms with E-state index in [9.17, 15) is 13.2 Å². The lowest BCUT2D eigenvalue weighted by molar-refractivity contribution is -0.121. The van der Waals surface area contributed by atoms with Gasteiger partial charge in [-0.05, 0) is 25.7 Å². The maximum Gasteiger partial charge on any atom is 0.222 e. The molecular weight excluding hydrogens is 431 g/mol. The first-order valence-corrected chi connectivity index (χ1v) is 9.76. The fraction of sp³-hybridized carbons (Fsp3) is 0.857. The fourth-order valence-corrected chi connectivity index (χ4v) is 4.17. The van der Waals surface area contributed by atoms with E-state index < -0.39 is 9.84 Å². The maximum absolute atomic E-state index is 11.8. The molecule has 23 heavy (non-hydrogen) atoms. The molecule has 2 fully saturated rings. The van der Waals surface area contributed by atoms with E-state index in [1.54, 1.807) is 0 Å². The Morgan fingerprint density at radius 3 is 2.52 bits per heavy atom. The van der Waals surface area contributed by atoms with E-state index in [0.717, 1.165) is 18.9 Å². The van der Waals surface area contributed by atoms with Gasteiger partial charge in [-0.3, -0.25) is 9.79 Å². The van der Waals surface area contributed by atoms with Gasteiger partial charge in [-0.2, -0.15) is 0 Å². The zero-order chi connectivity index (χ0) is 16.2. The summed E-state index contributed by atoms with van der Waals surface area (Å²) in [4.78, 5) is 16.2. The fourth-order valence-electron chi connectivity index (χ4n) is 2.50. The van der Waals surface area contributed by atoms with Crippen molar-refractivity contribution >= 4 is 45.7 Å². The molecule has 0 bridgehead atoms. The van der Waals surface area contributed by atoms with Gasteiger partial charge in [0.15, 0.2) is 15.8 Å². The summed E-state index contributed by atoms with van der Waals surface area (Å²) in [6.07, 6.45) is 1.94. The molecular formula is C14H27IN4O3S. The Morgan fingerprint density at radius 1 is 1.30 bits per heavy atom. The van der Waals surface area contributed by atoms with Crippen LogP contribution in [0.4, 0.5) is 0 Å². The lowest BCUT2D eigenvalue weighted by atomic mass is 10.2. The molecule has 1 aliphatic carbocycles. The third-order valence-corrected chi connectivity index (χ3v) is 5.75. The topological polar surface area (TPSA) is 99.7 Å². The first-order valence-electron chi connectivity index (χ1n) is 7.94. The van der Waals surface area contributed by atoms with Gasteiger partial charge in [0.25, 0.3) is 0 Å². The molecule has 1 heterocycles. The summed E-state index contributed by atoms with van der Waals surface area (Å²) < 4.78 is 22.7. The second kappa shape index (κ2) is 9.05. The summed E-state index contributed by atoms with van der Waals surface area (Å²) in [5, 5.41) is 9.26. The number of rotatable bonds is 6. The summed E-state index contributed by atoms with van der Waals surface area (Å²) in [5.74, 6) is 1.52. The highest BCUT2D eigenvalue weighted by atomic mass is 127.